The molecule has 0 aliphatic rings. The molecule has 0 atom stereocenters. The molecule has 1 amide bonds. The van der Waals surface area contributed by atoms with E-state index < -0.39 is 0 Å². The highest BCUT2D eigenvalue weighted by Crippen LogP contribution is 2.26. The van der Waals surface area contributed by atoms with Gasteiger partial charge in [0.1, 0.15) is 0 Å². The first-order valence-electron chi connectivity index (χ1n) is 8.25. The molecule has 0 saturated carbocycles. The second-order valence-corrected chi connectivity index (χ2v) is 5.83. The molecule has 3 rings (SSSR count). The lowest BCUT2D eigenvalue weighted by atomic mass is 10.1. The number of carbonyl (C=O) groups excluding carboxylic acids is 1. The van der Waals surface area contributed by atoms with Gasteiger partial charge >= 0.3 is 0 Å². The molecule has 0 spiro atoms. The number of hydrogen-bond donors (Lipinski definition) is 0. The highest BCUT2D eigenvalue weighted by molar-refractivity contribution is 5.99. The zero-order chi connectivity index (χ0) is 16.9. The molecule has 122 valence electrons. The van der Waals surface area contributed by atoms with Gasteiger partial charge in [0, 0.05) is 30.4 Å². The van der Waals surface area contributed by atoms with E-state index in [0.29, 0.717) is 13.1 Å². The minimum atomic E-state index is 0.0964. The van der Waals surface area contributed by atoms with Crippen LogP contribution in [0.3, 0.4) is 0 Å². The van der Waals surface area contributed by atoms with E-state index in [1.54, 1.807) is 0 Å². The van der Waals surface area contributed by atoms with Gasteiger partial charge in [0.15, 0.2) is 0 Å². The maximum Gasteiger partial charge on any atom is 0.246 e. The van der Waals surface area contributed by atoms with Crippen molar-refractivity contribution in [1.29, 1.82) is 0 Å². The average Bonchev–Trinajstić information content (AvgIpc) is 2.62. The summed E-state index contributed by atoms with van der Waals surface area (Å²) >= 11 is 0. The molecule has 0 aromatic heterocycles. The molecular formula is C21H22N2O. The first-order chi connectivity index (χ1) is 11.7. The van der Waals surface area contributed by atoms with Crippen molar-refractivity contribution < 1.29 is 4.79 Å². The van der Waals surface area contributed by atoms with Gasteiger partial charge < -0.3 is 9.80 Å². The predicted molar refractivity (Wildman–Crippen MR) is 102 cm³/mol. The van der Waals surface area contributed by atoms with E-state index in [-0.39, 0.29) is 5.91 Å². The van der Waals surface area contributed by atoms with Crippen LogP contribution >= 0.6 is 0 Å². The number of likely N-dealkylation sites (N-methyl/N-ethyl adjacent to an activating group) is 2. The first-order valence-corrected chi connectivity index (χ1v) is 8.25. The molecule has 0 bridgehead atoms. The van der Waals surface area contributed by atoms with Crippen LogP contribution in [0, 0.1) is 0 Å². The Kier molecular flexibility index (Phi) is 4.80. The molecule has 0 fully saturated rings. The van der Waals surface area contributed by atoms with Crippen LogP contribution in [0.5, 0.6) is 0 Å². The van der Waals surface area contributed by atoms with Gasteiger partial charge in [-0.1, -0.05) is 54.6 Å². The minimum Gasteiger partial charge on any atom is -0.365 e. The summed E-state index contributed by atoms with van der Waals surface area (Å²) in [7, 11) is 1.97. The quantitative estimate of drug-likeness (QED) is 0.699. The van der Waals surface area contributed by atoms with Crippen LogP contribution in [0.25, 0.3) is 10.8 Å². The Morgan fingerprint density at radius 3 is 2.29 bits per heavy atom. The second-order valence-electron chi connectivity index (χ2n) is 5.83. The Balaban J connectivity index is 1.83. The second kappa shape index (κ2) is 7.18. The summed E-state index contributed by atoms with van der Waals surface area (Å²) in [6.07, 6.45) is 0. The third-order valence-electron chi connectivity index (χ3n) is 4.24. The van der Waals surface area contributed by atoms with Crippen LogP contribution < -0.4 is 9.80 Å². The summed E-state index contributed by atoms with van der Waals surface area (Å²) in [5, 5.41) is 2.35. The lowest BCUT2D eigenvalue weighted by Gasteiger charge is -2.26. The lowest BCUT2D eigenvalue weighted by Crippen LogP contribution is -2.39. The number of hydrogen-bond acceptors (Lipinski definition) is 2. The molecule has 0 heterocycles. The van der Waals surface area contributed by atoms with E-state index in [9.17, 15) is 4.79 Å². The van der Waals surface area contributed by atoms with Gasteiger partial charge in [-0.15, -0.1) is 0 Å². The van der Waals surface area contributed by atoms with E-state index >= 15 is 0 Å². The van der Waals surface area contributed by atoms with Gasteiger partial charge in [0.2, 0.25) is 5.91 Å². The smallest absolute Gasteiger partial charge is 0.246 e. The summed E-state index contributed by atoms with van der Waals surface area (Å²) < 4.78 is 0. The Morgan fingerprint density at radius 1 is 0.875 bits per heavy atom. The van der Waals surface area contributed by atoms with Crippen LogP contribution in [0.15, 0.2) is 72.8 Å². The van der Waals surface area contributed by atoms with Crippen molar-refractivity contribution in [1.82, 2.24) is 0 Å². The monoisotopic (exact) mass is 318 g/mol. The lowest BCUT2D eigenvalue weighted by molar-refractivity contribution is -0.117. The molecule has 0 aliphatic carbocycles. The Hall–Kier alpha value is -2.81. The number of para-hydroxylation sites is 1. The van der Waals surface area contributed by atoms with Gasteiger partial charge in [-0.2, -0.15) is 0 Å². The van der Waals surface area contributed by atoms with Crippen LogP contribution in [0.4, 0.5) is 11.4 Å². The SMILES string of the molecule is CCN(C(=O)CN(C)c1cccc2ccccc12)c1ccccc1. The summed E-state index contributed by atoms with van der Waals surface area (Å²) in [5.74, 6) is 0.0964. The van der Waals surface area contributed by atoms with Crippen molar-refractivity contribution in [3.63, 3.8) is 0 Å². The number of anilines is 2. The van der Waals surface area contributed by atoms with Crippen LogP contribution in [0.2, 0.25) is 0 Å². The zero-order valence-corrected chi connectivity index (χ0v) is 14.1. The molecule has 3 aromatic carbocycles. The Bertz CT molecular complexity index is 824. The number of fused-ring (bicyclic) bond motifs is 1. The Morgan fingerprint density at radius 2 is 1.54 bits per heavy atom. The Labute approximate surface area is 143 Å². The van der Waals surface area contributed by atoms with Gasteiger partial charge in [-0.25, -0.2) is 0 Å². The maximum absolute atomic E-state index is 12.8. The molecule has 3 nitrogen and oxygen atoms in total. The summed E-state index contributed by atoms with van der Waals surface area (Å²) in [6.45, 7) is 3.01. The van der Waals surface area contributed by atoms with E-state index in [4.69, 9.17) is 0 Å². The van der Waals surface area contributed by atoms with Crippen molar-refractivity contribution in [2.45, 2.75) is 6.92 Å². The fourth-order valence-corrected chi connectivity index (χ4v) is 3.03. The van der Waals surface area contributed by atoms with E-state index in [1.165, 1.54) is 5.39 Å². The van der Waals surface area contributed by atoms with Crippen LogP contribution in [-0.2, 0) is 4.79 Å². The molecule has 3 heteroatoms. The minimum absolute atomic E-state index is 0.0964. The third-order valence-corrected chi connectivity index (χ3v) is 4.24. The third kappa shape index (κ3) is 3.25. The summed E-state index contributed by atoms with van der Waals surface area (Å²) in [5.41, 5.74) is 2.02. The highest BCUT2D eigenvalue weighted by atomic mass is 16.2. The maximum atomic E-state index is 12.8. The van der Waals surface area contributed by atoms with Gasteiger partial charge in [-0.3, -0.25) is 4.79 Å². The number of benzene rings is 3. The molecule has 0 aliphatic heterocycles. The highest BCUT2D eigenvalue weighted by Gasteiger charge is 2.16. The number of nitrogens with zero attached hydrogens (tertiary/aromatic N) is 2. The van der Waals surface area contributed by atoms with E-state index in [2.05, 4.69) is 24.3 Å². The van der Waals surface area contributed by atoms with Crippen molar-refractivity contribution in [2.75, 3.05) is 29.9 Å². The van der Waals surface area contributed by atoms with Crippen LogP contribution in [0.1, 0.15) is 6.92 Å². The standard InChI is InChI=1S/C21H22N2O/c1-3-23(18-12-5-4-6-13-18)21(24)16-22(2)20-15-9-11-17-10-7-8-14-19(17)20/h4-15H,3,16H2,1-2H3. The zero-order valence-electron chi connectivity index (χ0n) is 14.1. The van der Waals surface area contributed by atoms with Gasteiger partial charge in [-0.05, 0) is 30.5 Å². The first kappa shape index (κ1) is 16.1. The summed E-state index contributed by atoms with van der Waals surface area (Å²) in [6, 6.07) is 24.3. The number of carbonyl (C=O) groups is 1. The van der Waals surface area contributed by atoms with Crippen LogP contribution in [-0.4, -0.2) is 26.0 Å². The van der Waals surface area contributed by atoms with Gasteiger partial charge in [0.05, 0.1) is 6.54 Å². The number of amides is 1. The molecule has 0 radical (unpaired) electrons. The van der Waals surface area contributed by atoms with E-state index in [0.717, 1.165) is 16.8 Å². The average molecular weight is 318 g/mol. The number of rotatable bonds is 5. The van der Waals surface area contributed by atoms with Gasteiger partial charge in [0.25, 0.3) is 0 Å². The summed E-state index contributed by atoms with van der Waals surface area (Å²) in [4.78, 5) is 16.6. The fraction of sp³-hybridized carbons (Fsp3) is 0.190. The van der Waals surface area contributed by atoms with Crippen molar-refractivity contribution in [3.05, 3.63) is 72.8 Å². The molecule has 0 saturated heterocycles. The normalized spacial score (nSPS) is 10.6. The van der Waals surface area contributed by atoms with Crippen molar-refractivity contribution >= 4 is 28.1 Å². The molecular weight excluding hydrogens is 296 g/mol. The fourth-order valence-electron chi connectivity index (χ4n) is 3.03. The molecule has 3 aromatic rings. The topological polar surface area (TPSA) is 23.6 Å². The largest absolute Gasteiger partial charge is 0.365 e. The molecule has 0 unspecified atom stereocenters. The molecule has 24 heavy (non-hydrogen) atoms. The molecule has 0 N–H and O–H groups in total. The predicted octanol–water partition coefficient (Wildman–Crippen LogP) is 4.33. The van der Waals surface area contributed by atoms with E-state index in [1.807, 2.05) is 72.3 Å². The van der Waals surface area contributed by atoms with Crippen molar-refractivity contribution in [3.8, 4) is 0 Å². The van der Waals surface area contributed by atoms with Crippen molar-refractivity contribution in [2.24, 2.45) is 0 Å².